The van der Waals surface area contributed by atoms with Crippen molar-refractivity contribution in [2.24, 2.45) is 0 Å². The Labute approximate surface area is 256 Å². The molecule has 0 unspecified atom stereocenters. The van der Waals surface area contributed by atoms with Crippen LogP contribution in [0.5, 0.6) is 0 Å². The number of hydrogen-bond donors (Lipinski definition) is 0. The Bertz CT molecular complexity index is 351. The first-order chi connectivity index (χ1) is 16.2. The van der Waals surface area contributed by atoms with Gasteiger partial charge in [-0.05, 0) is 0 Å². The normalized spacial score (nSPS) is 11.8. The Morgan fingerprint density at radius 1 is 0.361 bits per heavy atom. The van der Waals surface area contributed by atoms with Crippen LogP contribution in [0, 0.1) is 0 Å². The van der Waals surface area contributed by atoms with Crippen molar-refractivity contribution in [2.75, 3.05) is 0 Å². The fraction of sp³-hybridized carbons (Fsp3) is 1.00. The summed E-state index contributed by atoms with van der Waals surface area (Å²) < 4.78 is 0. The molecule has 218 valence electrons. The van der Waals surface area contributed by atoms with Crippen LogP contribution in [-0.2, 0) is 0 Å². The van der Waals surface area contributed by atoms with E-state index < -0.39 is 31.0 Å². The molecule has 8 heteroatoms. The summed E-state index contributed by atoms with van der Waals surface area (Å²) in [4.78, 5) is 6.44. The molecular weight excluding hydrogens is 650 g/mol. The summed E-state index contributed by atoms with van der Waals surface area (Å²) in [5.74, 6) is 0. The molecular formula is C28H74Ga2P2Si4. The molecule has 0 nitrogen and oxygen atoms in total. The Balaban J connectivity index is -0.000000190. The molecule has 0 aromatic heterocycles. The van der Waals surface area contributed by atoms with Crippen molar-refractivity contribution in [1.82, 2.24) is 0 Å². The van der Waals surface area contributed by atoms with Gasteiger partial charge in [-0.3, -0.25) is 0 Å². The summed E-state index contributed by atoms with van der Waals surface area (Å²) in [6.45, 7) is 38.9. The summed E-state index contributed by atoms with van der Waals surface area (Å²) >= 11 is 0.511. The van der Waals surface area contributed by atoms with Crippen LogP contribution in [0.4, 0.5) is 0 Å². The van der Waals surface area contributed by atoms with E-state index >= 15 is 0 Å². The first kappa shape index (κ1) is 46.0. The Morgan fingerprint density at radius 3 is 0.611 bits per heavy atom. The van der Waals surface area contributed by atoms with Crippen LogP contribution in [0.3, 0.4) is 0 Å². The second kappa shape index (κ2) is 28.1. The average molecular weight is 725 g/mol. The molecule has 0 rings (SSSR count). The van der Waals surface area contributed by atoms with Crippen LogP contribution >= 0.6 is 15.4 Å². The monoisotopic (exact) mass is 722 g/mol. The van der Waals surface area contributed by atoms with Gasteiger partial charge in [0.15, 0.2) is 0 Å². The van der Waals surface area contributed by atoms with Gasteiger partial charge in [0.25, 0.3) is 0 Å². The minimum absolute atomic E-state index is 0.255. The summed E-state index contributed by atoms with van der Waals surface area (Å²) in [5.41, 5.74) is 0. The molecule has 0 N–H and O–H groups in total. The Kier molecular flexibility index (Phi) is 35.9. The molecule has 0 saturated heterocycles. The van der Waals surface area contributed by atoms with Crippen molar-refractivity contribution in [3.05, 3.63) is 0 Å². The zero-order chi connectivity index (χ0) is 29.3. The predicted molar refractivity (Wildman–Crippen MR) is 200 cm³/mol. The van der Waals surface area contributed by atoms with Gasteiger partial charge in [-0.2, -0.15) is 0 Å². The quantitative estimate of drug-likeness (QED) is 0.0845. The molecule has 0 aliphatic rings. The Morgan fingerprint density at radius 2 is 0.528 bits per heavy atom. The van der Waals surface area contributed by atoms with Crippen LogP contribution in [0.15, 0.2) is 0 Å². The molecule has 0 spiro atoms. The minimum Gasteiger partial charge on any atom is -0.145 e. The topological polar surface area (TPSA) is 0 Å². The molecule has 0 aromatic carbocycles. The van der Waals surface area contributed by atoms with Gasteiger partial charge in [0.2, 0.25) is 0 Å². The molecule has 36 heavy (non-hydrogen) atoms. The maximum Gasteiger partial charge on any atom is 0.0646 e. The zero-order valence-corrected chi connectivity index (χ0v) is 39.5. The Hall–Kier alpha value is 3.00. The standard InChI is InChI=1S/2C6H19PSi2.4C4H9.2Ga/c2*1-8(2,3)7-9(4,5)6;4*1-3-4-2;;/h2*7H,1-6H3;4*1,3-4H2,2H3;;. The van der Waals surface area contributed by atoms with E-state index in [4.69, 9.17) is 0 Å². The maximum atomic E-state index is 2.48. The fourth-order valence-electron chi connectivity index (χ4n) is 3.93. The third kappa shape index (κ3) is 65.8. The van der Waals surface area contributed by atoms with Gasteiger partial charge in [-0.1, -0.05) is 78.6 Å². The third-order valence-corrected chi connectivity index (χ3v) is 50.4. The zero-order valence-electron chi connectivity index (χ0n) is 28.6. The van der Waals surface area contributed by atoms with E-state index in [1.165, 1.54) is 66.7 Å². The van der Waals surface area contributed by atoms with Crippen molar-refractivity contribution in [2.45, 2.75) is 178 Å². The van der Waals surface area contributed by atoms with Crippen LogP contribution in [0.2, 0.25) is 98.5 Å². The first-order valence-corrected chi connectivity index (χ1v) is 42.3. The largest absolute Gasteiger partial charge is 0.145 e. The molecule has 0 atom stereocenters. The summed E-state index contributed by atoms with van der Waals surface area (Å²) in [6.07, 6.45) is 11.6. The molecule has 0 fully saturated rings. The summed E-state index contributed by atoms with van der Waals surface area (Å²) in [5, 5.41) is 0. The molecule has 0 aromatic rings. The summed E-state index contributed by atoms with van der Waals surface area (Å²) in [6, 6.07) is 0. The number of rotatable bonds is 16. The summed E-state index contributed by atoms with van der Waals surface area (Å²) in [7, 11) is -0.155. The second-order valence-electron chi connectivity index (χ2n) is 14.4. The molecule has 2 radical (unpaired) electrons. The van der Waals surface area contributed by atoms with E-state index in [0.29, 0.717) is 0 Å². The molecule has 0 aliphatic carbocycles. The molecule has 0 aliphatic heterocycles. The van der Waals surface area contributed by atoms with Gasteiger partial charge in [0.05, 0.1) is 31.0 Å². The van der Waals surface area contributed by atoms with Gasteiger partial charge in [0.1, 0.15) is 0 Å². The van der Waals surface area contributed by atoms with Crippen molar-refractivity contribution in [3.8, 4) is 0 Å². The van der Waals surface area contributed by atoms with E-state index in [1.807, 2.05) is 0 Å². The van der Waals surface area contributed by atoms with Crippen molar-refractivity contribution >= 4 is 81.1 Å². The van der Waals surface area contributed by atoms with E-state index in [-0.39, 0.29) is 34.8 Å². The molecule has 0 amide bonds. The van der Waals surface area contributed by atoms with Gasteiger partial charge >= 0.3 is 134 Å². The fourth-order valence-corrected chi connectivity index (χ4v) is 69.5. The van der Waals surface area contributed by atoms with Gasteiger partial charge in [-0.25, -0.2) is 0 Å². The predicted octanol–water partition coefficient (Wildman–Crippen LogP) is 12.9. The smallest absolute Gasteiger partial charge is 0.0646 e. The van der Waals surface area contributed by atoms with E-state index in [1.54, 1.807) is 19.9 Å². The van der Waals surface area contributed by atoms with Gasteiger partial charge < -0.3 is 0 Å². The SMILES string of the molecule is CCC[CH2][Ga][CH2]CCC.CCC[CH2][Ga][CH2]CCC.C[Si](C)(C)P[Si](C)(C)C.C[Si](C)(C)P[Si](C)(C)C. The minimum atomic E-state index is -0.703. The van der Waals surface area contributed by atoms with Crippen LogP contribution < -0.4 is 0 Å². The van der Waals surface area contributed by atoms with Gasteiger partial charge in [0, 0.05) is 0 Å². The maximum absolute atomic E-state index is 2.48. The van der Waals surface area contributed by atoms with Crippen LogP contribution in [0.25, 0.3) is 0 Å². The van der Waals surface area contributed by atoms with Crippen LogP contribution in [0.1, 0.15) is 79.1 Å². The molecule has 0 saturated carbocycles. The van der Waals surface area contributed by atoms with E-state index in [9.17, 15) is 0 Å². The van der Waals surface area contributed by atoms with Crippen LogP contribution in [-0.4, -0.2) is 65.8 Å². The van der Waals surface area contributed by atoms with E-state index in [2.05, 4.69) is 106 Å². The second-order valence-corrected chi connectivity index (χ2v) is 64.2. The number of unbranched alkanes of at least 4 members (excludes halogenated alkanes) is 4. The van der Waals surface area contributed by atoms with E-state index in [0.717, 1.165) is 0 Å². The van der Waals surface area contributed by atoms with Gasteiger partial charge in [-0.15, -0.1) is 15.4 Å². The van der Waals surface area contributed by atoms with Crippen molar-refractivity contribution < 1.29 is 0 Å². The molecule has 0 heterocycles. The van der Waals surface area contributed by atoms with Crippen molar-refractivity contribution in [1.29, 1.82) is 0 Å². The van der Waals surface area contributed by atoms with Crippen molar-refractivity contribution in [3.63, 3.8) is 0 Å². The number of hydrogen-bond acceptors (Lipinski definition) is 0. The molecule has 0 bridgehead atoms. The average Bonchev–Trinajstić information content (AvgIpc) is 2.64. The third-order valence-electron chi connectivity index (χ3n) is 4.55. The first-order valence-electron chi connectivity index (χ1n) is 15.5.